The standard InChI is InChI=1S/C15H18FN3O4S/c1-2-18(13-7-8-24(21,22)9-13)10-19-15(20)23-14(17-19)11-3-5-12(16)6-4-11/h3-6,13H,2,7-10H2,1H3. The van der Waals surface area contributed by atoms with Crippen molar-refractivity contribution in [1.29, 1.82) is 0 Å². The second-order valence-corrected chi connectivity index (χ2v) is 8.01. The summed E-state index contributed by atoms with van der Waals surface area (Å²) in [6.07, 6.45) is 0.549. The molecule has 0 aliphatic carbocycles. The number of hydrogen-bond acceptors (Lipinski definition) is 6. The van der Waals surface area contributed by atoms with E-state index in [9.17, 15) is 17.6 Å². The van der Waals surface area contributed by atoms with Crippen LogP contribution in [0.15, 0.2) is 33.5 Å². The fourth-order valence-electron chi connectivity index (χ4n) is 2.81. The van der Waals surface area contributed by atoms with Crippen LogP contribution in [0.2, 0.25) is 0 Å². The van der Waals surface area contributed by atoms with Crippen LogP contribution >= 0.6 is 0 Å². The molecular formula is C15H18FN3O4S. The second-order valence-electron chi connectivity index (χ2n) is 5.78. The molecule has 0 saturated carbocycles. The Balaban J connectivity index is 1.80. The van der Waals surface area contributed by atoms with Crippen LogP contribution in [0.3, 0.4) is 0 Å². The fraction of sp³-hybridized carbons (Fsp3) is 0.467. The monoisotopic (exact) mass is 355 g/mol. The number of halogens is 1. The third-order valence-corrected chi connectivity index (χ3v) is 5.89. The summed E-state index contributed by atoms with van der Waals surface area (Å²) in [6.45, 7) is 2.64. The molecule has 1 aliphatic rings. The molecule has 2 aromatic rings. The van der Waals surface area contributed by atoms with Crippen molar-refractivity contribution < 1.29 is 17.2 Å². The summed E-state index contributed by atoms with van der Waals surface area (Å²) in [5.74, 6) is -0.648. The lowest BCUT2D eigenvalue weighted by molar-refractivity contribution is 0.160. The third-order valence-electron chi connectivity index (χ3n) is 4.14. The van der Waals surface area contributed by atoms with Crippen LogP contribution in [0.1, 0.15) is 13.3 Å². The van der Waals surface area contributed by atoms with Crippen molar-refractivity contribution in [3.63, 3.8) is 0 Å². The van der Waals surface area contributed by atoms with Crippen LogP contribution in [0.4, 0.5) is 4.39 Å². The minimum atomic E-state index is -3.00. The lowest BCUT2D eigenvalue weighted by atomic mass is 10.2. The molecule has 130 valence electrons. The van der Waals surface area contributed by atoms with Gasteiger partial charge in [-0.25, -0.2) is 17.6 Å². The summed E-state index contributed by atoms with van der Waals surface area (Å²) < 4.78 is 42.5. The van der Waals surface area contributed by atoms with Gasteiger partial charge in [0.15, 0.2) is 9.84 Å². The molecule has 3 rings (SSSR count). The topological polar surface area (TPSA) is 85.4 Å². The van der Waals surface area contributed by atoms with E-state index in [0.29, 0.717) is 18.5 Å². The Morgan fingerprint density at radius 1 is 1.38 bits per heavy atom. The molecule has 7 nitrogen and oxygen atoms in total. The first-order chi connectivity index (χ1) is 11.4. The Morgan fingerprint density at radius 2 is 2.08 bits per heavy atom. The van der Waals surface area contributed by atoms with Gasteiger partial charge in [0, 0.05) is 11.6 Å². The Hall–Kier alpha value is -2.00. The molecule has 1 aromatic carbocycles. The highest BCUT2D eigenvalue weighted by molar-refractivity contribution is 7.91. The first-order valence-electron chi connectivity index (χ1n) is 7.66. The van der Waals surface area contributed by atoms with E-state index in [2.05, 4.69) is 5.10 Å². The van der Waals surface area contributed by atoms with Crippen molar-refractivity contribution in [2.24, 2.45) is 0 Å². The number of aromatic nitrogens is 2. The van der Waals surface area contributed by atoms with Crippen LogP contribution in [-0.2, 0) is 16.5 Å². The van der Waals surface area contributed by atoms with Gasteiger partial charge in [-0.3, -0.25) is 4.90 Å². The normalized spacial score (nSPS) is 19.9. The molecule has 1 fully saturated rings. The van der Waals surface area contributed by atoms with Crippen LogP contribution in [0.25, 0.3) is 11.5 Å². The van der Waals surface area contributed by atoms with E-state index in [4.69, 9.17) is 4.42 Å². The van der Waals surface area contributed by atoms with Crippen LogP contribution < -0.4 is 5.76 Å². The summed E-state index contributed by atoms with van der Waals surface area (Å²) in [5, 5.41) is 4.13. The van der Waals surface area contributed by atoms with Gasteiger partial charge in [0.1, 0.15) is 12.5 Å². The molecule has 0 N–H and O–H groups in total. The molecular weight excluding hydrogens is 337 g/mol. The first-order valence-corrected chi connectivity index (χ1v) is 9.48. The minimum absolute atomic E-state index is 0.0955. The van der Waals surface area contributed by atoms with Gasteiger partial charge in [-0.1, -0.05) is 6.92 Å². The van der Waals surface area contributed by atoms with Gasteiger partial charge >= 0.3 is 5.76 Å². The number of benzene rings is 1. The molecule has 0 amide bonds. The van der Waals surface area contributed by atoms with E-state index >= 15 is 0 Å². The lowest BCUT2D eigenvalue weighted by Crippen LogP contribution is -2.39. The predicted molar refractivity (Wildman–Crippen MR) is 85.6 cm³/mol. The molecule has 1 aromatic heterocycles. The van der Waals surface area contributed by atoms with Crippen molar-refractivity contribution >= 4 is 9.84 Å². The van der Waals surface area contributed by atoms with Gasteiger partial charge < -0.3 is 4.42 Å². The molecule has 0 radical (unpaired) electrons. The van der Waals surface area contributed by atoms with Crippen LogP contribution in [-0.4, -0.2) is 47.2 Å². The van der Waals surface area contributed by atoms with Crippen molar-refractivity contribution in [3.05, 3.63) is 40.6 Å². The van der Waals surface area contributed by atoms with Gasteiger partial charge in [-0.05, 0) is 37.2 Å². The van der Waals surface area contributed by atoms with Crippen molar-refractivity contribution in [2.75, 3.05) is 18.1 Å². The van der Waals surface area contributed by atoms with Crippen molar-refractivity contribution in [1.82, 2.24) is 14.7 Å². The molecule has 1 aliphatic heterocycles. The zero-order valence-corrected chi connectivity index (χ0v) is 14.0. The molecule has 9 heteroatoms. The van der Waals surface area contributed by atoms with E-state index in [1.807, 2.05) is 11.8 Å². The third kappa shape index (κ3) is 3.57. The highest BCUT2D eigenvalue weighted by Crippen LogP contribution is 2.19. The average Bonchev–Trinajstić information content (AvgIpc) is 3.08. The SMILES string of the molecule is CCN(Cn1nc(-c2ccc(F)cc2)oc1=O)C1CCS(=O)(=O)C1. The van der Waals surface area contributed by atoms with Gasteiger partial charge in [0.2, 0.25) is 5.89 Å². The van der Waals surface area contributed by atoms with E-state index in [1.54, 1.807) is 0 Å². The summed E-state index contributed by atoms with van der Waals surface area (Å²) >= 11 is 0. The van der Waals surface area contributed by atoms with Gasteiger partial charge in [0.25, 0.3) is 0 Å². The van der Waals surface area contributed by atoms with Gasteiger partial charge in [0.05, 0.1) is 11.5 Å². The Kier molecular flexibility index (Phi) is 4.55. The highest BCUT2D eigenvalue weighted by Gasteiger charge is 2.32. The Morgan fingerprint density at radius 3 is 2.67 bits per heavy atom. The lowest BCUT2D eigenvalue weighted by Gasteiger charge is -2.25. The number of hydrogen-bond donors (Lipinski definition) is 0. The van der Waals surface area contributed by atoms with Crippen molar-refractivity contribution in [2.45, 2.75) is 26.1 Å². The number of sulfone groups is 1. The summed E-state index contributed by atoms with van der Waals surface area (Å²) in [5.41, 5.74) is 0.499. The first kappa shape index (κ1) is 16.8. The summed E-state index contributed by atoms with van der Waals surface area (Å²) in [7, 11) is -3.00. The zero-order valence-electron chi connectivity index (χ0n) is 13.2. The quantitative estimate of drug-likeness (QED) is 0.799. The number of nitrogens with zero attached hydrogens (tertiary/aromatic N) is 3. The maximum atomic E-state index is 13.0. The number of rotatable bonds is 5. The Labute approximate surface area is 138 Å². The predicted octanol–water partition coefficient (Wildman–Crippen LogP) is 1.11. The van der Waals surface area contributed by atoms with Gasteiger partial charge in [-0.2, -0.15) is 4.68 Å². The molecule has 0 bridgehead atoms. The molecule has 1 saturated heterocycles. The van der Waals surface area contributed by atoms with E-state index in [0.717, 1.165) is 4.68 Å². The zero-order chi connectivity index (χ0) is 17.3. The second kappa shape index (κ2) is 6.48. The maximum absolute atomic E-state index is 13.0. The van der Waals surface area contributed by atoms with E-state index in [-0.39, 0.29) is 35.9 Å². The van der Waals surface area contributed by atoms with E-state index < -0.39 is 15.6 Å². The fourth-order valence-corrected chi connectivity index (χ4v) is 4.58. The smallest absolute Gasteiger partial charge is 0.388 e. The molecule has 0 spiro atoms. The molecule has 24 heavy (non-hydrogen) atoms. The summed E-state index contributed by atoms with van der Waals surface area (Å²) in [4.78, 5) is 13.9. The molecule has 1 unspecified atom stereocenters. The van der Waals surface area contributed by atoms with Gasteiger partial charge in [-0.15, -0.1) is 5.10 Å². The minimum Gasteiger partial charge on any atom is -0.388 e. The van der Waals surface area contributed by atoms with Crippen LogP contribution in [0, 0.1) is 5.82 Å². The maximum Gasteiger partial charge on any atom is 0.438 e. The largest absolute Gasteiger partial charge is 0.438 e. The van der Waals surface area contributed by atoms with E-state index in [1.165, 1.54) is 24.3 Å². The molecule has 1 atom stereocenters. The molecule has 2 heterocycles. The Bertz CT molecular complexity index is 873. The van der Waals surface area contributed by atoms with Crippen molar-refractivity contribution in [3.8, 4) is 11.5 Å². The summed E-state index contributed by atoms with van der Waals surface area (Å²) in [6, 6.07) is 5.35. The highest BCUT2D eigenvalue weighted by atomic mass is 32.2. The van der Waals surface area contributed by atoms with Crippen LogP contribution in [0.5, 0.6) is 0 Å². The average molecular weight is 355 g/mol.